The van der Waals surface area contributed by atoms with Crippen LogP contribution in [0, 0.1) is 5.92 Å². The Hall–Kier alpha value is -2.25. The molecule has 0 aliphatic carbocycles. The zero-order valence-electron chi connectivity index (χ0n) is 12.9. The number of halogens is 3. The number of alkyl halides is 3. The number of hydrogen-bond acceptors (Lipinski definition) is 3. The van der Waals surface area contributed by atoms with E-state index in [0.29, 0.717) is 24.6 Å². The second kappa shape index (κ2) is 6.33. The number of carbonyl (C=O) groups is 2. The van der Waals surface area contributed by atoms with E-state index in [1.807, 2.05) is 6.07 Å². The summed E-state index contributed by atoms with van der Waals surface area (Å²) in [5.41, 5.74) is 0.683. The molecule has 0 aromatic heterocycles. The molecule has 130 valence electrons. The number of rotatable bonds is 1. The number of hydrogen-bond donors (Lipinski definition) is 0. The van der Waals surface area contributed by atoms with Crippen LogP contribution >= 0.6 is 0 Å². The molecule has 2 amide bonds. The molecular weight excluding hydrogens is 325 g/mol. The minimum absolute atomic E-state index is 0.0548. The molecule has 5 nitrogen and oxygen atoms in total. The van der Waals surface area contributed by atoms with Crippen LogP contribution in [-0.4, -0.2) is 49.1 Å². The van der Waals surface area contributed by atoms with Gasteiger partial charge in [-0.3, -0.25) is 9.59 Å². The fourth-order valence-electron chi connectivity index (χ4n) is 3.13. The third-order valence-electron chi connectivity index (χ3n) is 4.37. The summed E-state index contributed by atoms with van der Waals surface area (Å²) in [5, 5.41) is 0. The third kappa shape index (κ3) is 3.18. The summed E-state index contributed by atoms with van der Waals surface area (Å²) in [4.78, 5) is 26.4. The van der Waals surface area contributed by atoms with Gasteiger partial charge in [-0.15, -0.1) is 0 Å². The lowest BCUT2D eigenvalue weighted by atomic mass is 9.94. The van der Waals surface area contributed by atoms with Gasteiger partial charge in [-0.25, -0.2) is 0 Å². The summed E-state index contributed by atoms with van der Waals surface area (Å²) in [5.74, 6) is -1.70. The molecule has 3 rings (SSSR count). The molecule has 0 unspecified atom stereocenters. The summed E-state index contributed by atoms with van der Waals surface area (Å²) in [6.07, 6.45) is -4.39. The van der Waals surface area contributed by atoms with Crippen molar-refractivity contribution < 1.29 is 27.5 Å². The van der Waals surface area contributed by atoms with Crippen molar-refractivity contribution in [3.8, 4) is 5.75 Å². The Morgan fingerprint density at radius 2 is 1.75 bits per heavy atom. The van der Waals surface area contributed by atoms with E-state index in [1.165, 1.54) is 0 Å². The number of likely N-dealkylation sites (tertiary alicyclic amines) is 1. The number of piperidine rings is 1. The van der Waals surface area contributed by atoms with E-state index in [4.69, 9.17) is 4.74 Å². The van der Waals surface area contributed by atoms with Crippen molar-refractivity contribution >= 4 is 17.5 Å². The molecule has 0 radical (unpaired) electrons. The minimum Gasteiger partial charge on any atom is -0.490 e. The predicted molar refractivity (Wildman–Crippen MR) is 79.6 cm³/mol. The first kappa shape index (κ1) is 16.6. The van der Waals surface area contributed by atoms with Gasteiger partial charge in [0.2, 0.25) is 5.91 Å². The van der Waals surface area contributed by atoms with E-state index in [-0.39, 0.29) is 37.8 Å². The molecule has 1 aromatic rings. The van der Waals surface area contributed by atoms with Crippen LogP contribution in [0.15, 0.2) is 24.3 Å². The Morgan fingerprint density at radius 1 is 1.08 bits per heavy atom. The van der Waals surface area contributed by atoms with Crippen molar-refractivity contribution in [1.82, 2.24) is 4.90 Å². The summed E-state index contributed by atoms with van der Waals surface area (Å²) in [6.45, 7) is 0.688. The number of carbonyl (C=O) groups excluding carboxylic acids is 2. The Labute approximate surface area is 137 Å². The van der Waals surface area contributed by atoms with Gasteiger partial charge >= 0.3 is 12.1 Å². The number of fused-ring (bicyclic) bond motifs is 1. The van der Waals surface area contributed by atoms with Gasteiger partial charge in [-0.1, -0.05) is 12.1 Å². The van der Waals surface area contributed by atoms with E-state index in [2.05, 4.69) is 0 Å². The molecular formula is C16H17F3N2O3. The van der Waals surface area contributed by atoms with Crippen LogP contribution in [0.3, 0.4) is 0 Å². The smallest absolute Gasteiger partial charge is 0.471 e. The second-order valence-electron chi connectivity index (χ2n) is 5.87. The van der Waals surface area contributed by atoms with Crippen LogP contribution in [0.25, 0.3) is 0 Å². The number of amides is 2. The van der Waals surface area contributed by atoms with Crippen molar-refractivity contribution in [2.45, 2.75) is 19.0 Å². The molecule has 1 saturated heterocycles. The van der Waals surface area contributed by atoms with Gasteiger partial charge in [0.1, 0.15) is 12.4 Å². The van der Waals surface area contributed by atoms with Crippen LogP contribution < -0.4 is 9.64 Å². The summed E-state index contributed by atoms with van der Waals surface area (Å²) in [7, 11) is 0. The van der Waals surface area contributed by atoms with Gasteiger partial charge in [-0.2, -0.15) is 13.2 Å². The average molecular weight is 342 g/mol. The number of para-hydroxylation sites is 2. The number of anilines is 1. The van der Waals surface area contributed by atoms with Crippen molar-refractivity contribution in [1.29, 1.82) is 0 Å². The van der Waals surface area contributed by atoms with Crippen molar-refractivity contribution in [2.75, 3.05) is 31.1 Å². The fourth-order valence-corrected chi connectivity index (χ4v) is 3.13. The quantitative estimate of drug-likeness (QED) is 0.786. The van der Waals surface area contributed by atoms with Gasteiger partial charge in [-0.05, 0) is 25.0 Å². The van der Waals surface area contributed by atoms with Crippen molar-refractivity contribution in [3.05, 3.63) is 24.3 Å². The maximum absolute atomic E-state index is 12.7. The van der Waals surface area contributed by atoms with E-state index in [9.17, 15) is 22.8 Å². The highest BCUT2D eigenvalue weighted by molar-refractivity contribution is 5.97. The van der Waals surface area contributed by atoms with Gasteiger partial charge in [0.25, 0.3) is 0 Å². The largest absolute Gasteiger partial charge is 0.490 e. The van der Waals surface area contributed by atoms with Crippen LogP contribution in [-0.2, 0) is 9.59 Å². The summed E-state index contributed by atoms with van der Waals surface area (Å²) in [6, 6.07) is 7.18. The van der Waals surface area contributed by atoms with E-state index >= 15 is 0 Å². The highest BCUT2D eigenvalue weighted by atomic mass is 19.4. The molecule has 0 N–H and O–H groups in total. The first-order chi connectivity index (χ1) is 11.4. The molecule has 0 spiro atoms. The Bertz CT molecular complexity index is 640. The van der Waals surface area contributed by atoms with Crippen molar-refractivity contribution in [2.24, 2.45) is 5.92 Å². The molecule has 2 heterocycles. The molecule has 1 fully saturated rings. The van der Waals surface area contributed by atoms with Gasteiger partial charge in [0.15, 0.2) is 0 Å². The maximum Gasteiger partial charge on any atom is 0.471 e. The molecule has 8 heteroatoms. The summed E-state index contributed by atoms with van der Waals surface area (Å²) >= 11 is 0. The molecule has 24 heavy (non-hydrogen) atoms. The lowest BCUT2D eigenvalue weighted by Gasteiger charge is -2.36. The fraction of sp³-hybridized carbons (Fsp3) is 0.500. The van der Waals surface area contributed by atoms with Gasteiger partial charge in [0.05, 0.1) is 12.2 Å². The van der Waals surface area contributed by atoms with E-state index in [1.54, 1.807) is 23.1 Å². The normalized spacial score (nSPS) is 18.8. The third-order valence-corrected chi connectivity index (χ3v) is 4.37. The highest BCUT2D eigenvalue weighted by Crippen LogP contribution is 2.33. The van der Waals surface area contributed by atoms with Crippen molar-refractivity contribution in [3.63, 3.8) is 0 Å². The molecule has 2 aliphatic rings. The van der Waals surface area contributed by atoms with E-state index in [0.717, 1.165) is 4.90 Å². The topological polar surface area (TPSA) is 49.9 Å². The lowest BCUT2D eigenvalue weighted by Crippen LogP contribution is -2.49. The molecule has 1 aromatic carbocycles. The first-order valence-electron chi connectivity index (χ1n) is 7.77. The van der Waals surface area contributed by atoms with Crippen LogP contribution in [0.1, 0.15) is 12.8 Å². The molecule has 0 atom stereocenters. The Balaban J connectivity index is 1.65. The lowest BCUT2D eigenvalue weighted by molar-refractivity contribution is -0.186. The maximum atomic E-state index is 12.7. The van der Waals surface area contributed by atoms with Crippen LogP contribution in [0.4, 0.5) is 18.9 Å². The van der Waals surface area contributed by atoms with E-state index < -0.39 is 12.1 Å². The standard InChI is InChI=1S/C16H17F3N2O3/c17-16(18,19)15(23)20-7-5-11(6-8-20)14(22)21-9-10-24-13-4-2-1-3-12(13)21/h1-4,11H,5-10H2. The average Bonchev–Trinajstić information content (AvgIpc) is 2.59. The zero-order valence-corrected chi connectivity index (χ0v) is 12.9. The second-order valence-corrected chi connectivity index (χ2v) is 5.87. The number of benzene rings is 1. The Kier molecular flexibility index (Phi) is 4.38. The monoisotopic (exact) mass is 342 g/mol. The number of nitrogens with zero attached hydrogens (tertiary/aromatic N) is 2. The Morgan fingerprint density at radius 3 is 2.42 bits per heavy atom. The highest BCUT2D eigenvalue weighted by Gasteiger charge is 2.44. The van der Waals surface area contributed by atoms with Crippen LogP contribution in [0.2, 0.25) is 0 Å². The molecule has 0 bridgehead atoms. The predicted octanol–water partition coefficient (Wildman–Crippen LogP) is 2.21. The number of ether oxygens (including phenoxy) is 1. The SMILES string of the molecule is O=C(C1CCN(C(=O)C(F)(F)F)CC1)N1CCOc2ccccc21. The van der Waals surface area contributed by atoms with Crippen LogP contribution in [0.5, 0.6) is 5.75 Å². The molecule has 2 aliphatic heterocycles. The molecule has 0 saturated carbocycles. The first-order valence-corrected chi connectivity index (χ1v) is 7.77. The van der Waals surface area contributed by atoms with Gasteiger partial charge in [0, 0.05) is 19.0 Å². The summed E-state index contributed by atoms with van der Waals surface area (Å²) < 4.78 is 42.9. The van der Waals surface area contributed by atoms with Gasteiger partial charge < -0.3 is 14.5 Å². The zero-order chi connectivity index (χ0) is 17.3. The minimum atomic E-state index is -4.86.